The highest BCUT2D eigenvalue weighted by Crippen LogP contribution is 2.29. The Labute approximate surface area is 99.2 Å². The standard InChI is InChI=1S/C13H14O4/c1-2-9(13(15)16)8-3-4-12-10(7-8)11(14)5-6-17-12/h3-4,7,9H,2,5-6H2,1H3,(H,15,16). The van der Waals surface area contributed by atoms with Gasteiger partial charge < -0.3 is 9.84 Å². The minimum absolute atomic E-state index is 0.0216. The molecular weight excluding hydrogens is 220 g/mol. The molecule has 1 heterocycles. The number of carbonyl (C=O) groups is 2. The van der Waals surface area contributed by atoms with Gasteiger partial charge in [0.1, 0.15) is 5.75 Å². The van der Waals surface area contributed by atoms with Gasteiger partial charge in [-0.25, -0.2) is 0 Å². The lowest BCUT2D eigenvalue weighted by molar-refractivity contribution is -0.138. The summed E-state index contributed by atoms with van der Waals surface area (Å²) < 4.78 is 5.35. The second kappa shape index (κ2) is 4.57. The molecule has 0 saturated heterocycles. The van der Waals surface area contributed by atoms with E-state index in [-0.39, 0.29) is 5.78 Å². The second-order valence-electron chi connectivity index (χ2n) is 4.08. The van der Waals surface area contributed by atoms with Crippen molar-refractivity contribution in [3.8, 4) is 5.75 Å². The number of ketones is 1. The van der Waals surface area contributed by atoms with Crippen LogP contribution in [0.15, 0.2) is 18.2 Å². The van der Waals surface area contributed by atoms with Crippen molar-refractivity contribution in [2.24, 2.45) is 0 Å². The molecule has 1 aromatic carbocycles. The minimum Gasteiger partial charge on any atom is -0.492 e. The Morgan fingerprint density at radius 1 is 1.53 bits per heavy atom. The number of rotatable bonds is 3. The van der Waals surface area contributed by atoms with Crippen molar-refractivity contribution in [2.45, 2.75) is 25.7 Å². The van der Waals surface area contributed by atoms with Crippen LogP contribution in [0.5, 0.6) is 5.75 Å². The molecule has 2 rings (SSSR count). The van der Waals surface area contributed by atoms with E-state index < -0.39 is 11.9 Å². The Kier molecular flexibility index (Phi) is 3.13. The van der Waals surface area contributed by atoms with Crippen LogP contribution in [0.4, 0.5) is 0 Å². The molecule has 1 unspecified atom stereocenters. The molecule has 90 valence electrons. The number of aliphatic carboxylic acids is 1. The maximum atomic E-state index is 11.7. The SMILES string of the molecule is CCC(C(=O)O)c1ccc2c(c1)C(=O)CCO2. The molecule has 1 N–H and O–H groups in total. The molecule has 0 bridgehead atoms. The fourth-order valence-electron chi connectivity index (χ4n) is 2.05. The summed E-state index contributed by atoms with van der Waals surface area (Å²) in [5, 5.41) is 9.08. The summed E-state index contributed by atoms with van der Waals surface area (Å²) in [5.41, 5.74) is 1.17. The number of ether oxygens (including phenoxy) is 1. The van der Waals surface area contributed by atoms with Gasteiger partial charge in [-0.05, 0) is 24.1 Å². The van der Waals surface area contributed by atoms with Crippen molar-refractivity contribution >= 4 is 11.8 Å². The van der Waals surface area contributed by atoms with Crippen LogP contribution in [0.2, 0.25) is 0 Å². The summed E-state index contributed by atoms with van der Waals surface area (Å²) >= 11 is 0. The average Bonchev–Trinajstić information content (AvgIpc) is 2.30. The second-order valence-corrected chi connectivity index (χ2v) is 4.08. The zero-order valence-corrected chi connectivity index (χ0v) is 9.60. The zero-order chi connectivity index (χ0) is 12.4. The van der Waals surface area contributed by atoms with E-state index in [0.717, 1.165) is 0 Å². The Balaban J connectivity index is 2.41. The topological polar surface area (TPSA) is 63.6 Å². The normalized spacial score (nSPS) is 15.9. The monoisotopic (exact) mass is 234 g/mol. The van der Waals surface area contributed by atoms with E-state index in [1.54, 1.807) is 18.2 Å². The quantitative estimate of drug-likeness (QED) is 0.871. The van der Waals surface area contributed by atoms with Gasteiger partial charge in [-0.15, -0.1) is 0 Å². The Bertz CT molecular complexity index is 464. The van der Waals surface area contributed by atoms with Crippen LogP contribution in [-0.2, 0) is 4.79 Å². The predicted molar refractivity (Wildman–Crippen MR) is 61.6 cm³/mol. The van der Waals surface area contributed by atoms with E-state index in [1.807, 2.05) is 6.92 Å². The smallest absolute Gasteiger partial charge is 0.310 e. The third kappa shape index (κ3) is 2.16. The fraction of sp³-hybridized carbons (Fsp3) is 0.385. The molecular formula is C13H14O4. The molecule has 0 radical (unpaired) electrons. The molecule has 1 aliphatic heterocycles. The Morgan fingerprint density at radius 2 is 2.29 bits per heavy atom. The summed E-state index contributed by atoms with van der Waals surface area (Å²) in [7, 11) is 0. The summed E-state index contributed by atoms with van der Waals surface area (Å²) in [6.45, 7) is 2.22. The Morgan fingerprint density at radius 3 is 2.94 bits per heavy atom. The van der Waals surface area contributed by atoms with Gasteiger partial charge in [-0.1, -0.05) is 13.0 Å². The molecule has 4 heteroatoms. The number of benzene rings is 1. The molecule has 0 amide bonds. The number of carboxylic acid groups (broad SMARTS) is 1. The summed E-state index contributed by atoms with van der Waals surface area (Å²) in [5.74, 6) is -0.842. The first-order valence-corrected chi connectivity index (χ1v) is 5.66. The van der Waals surface area contributed by atoms with Crippen molar-refractivity contribution in [1.82, 2.24) is 0 Å². The number of carbonyl (C=O) groups excluding carboxylic acids is 1. The summed E-state index contributed by atoms with van der Waals surface area (Å²) in [4.78, 5) is 22.8. The summed E-state index contributed by atoms with van der Waals surface area (Å²) in [6, 6.07) is 5.06. The van der Waals surface area contributed by atoms with Crippen LogP contribution < -0.4 is 4.74 Å². The first-order chi connectivity index (χ1) is 8.13. The maximum Gasteiger partial charge on any atom is 0.310 e. The van der Waals surface area contributed by atoms with E-state index >= 15 is 0 Å². The number of Topliss-reactive ketones (excluding diaryl/α,β-unsaturated/α-hetero) is 1. The molecule has 0 fully saturated rings. The third-order valence-corrected chi connectivity index (χ3v) is 3.00. The van der Waals surface area contributed by atoms with Crippen molar-refractivity contribution in [3.63, 3.8) is 0 Å². The van der Waals surface area contributed by atoms with Crippen LogP contribution in [0.25, 0.3) is 0 Å². The number of fused-ring (bicyclic) bond motifs is 1. The molecule has 0 saturated carbocycles. The van der Waals surface area contributed by atoms with Gasteiger partial charge in [0.15, 0.2) is 5.78 Å². The van der Waals surface area contributed by atoms with Crippen LogP contribution in [-0.4, -0.2) is 23.5 Å². The molecule has 1 aromatic rings. The van der Waals surface area contributed by atoms with Crippen LogP contribution >= 0.6 is 0 Å². The number of hydrogen-bond acceptors (Lipinski definition) is 3. The van der Waals surface area contributed by atoms with Crippen LogP contribution in [0, 0.1) is 0 Å². The average molecular weight is 234 g/mol. The van der Waals surface area contributed by atoms with Crippen LogP contribution in [0.3, 0.4) is 0 Å². The lowest BCUT2D eigenvalue weighted by Crippen LogP contribution is -2.17. The van der Waals surface area contributed by atoms with Crippen molar-refractivity contribution in [1.29, 1.82) is 0 Å². The maximum absolute atomic E-state index is 11.7. The van der Waals surface area contributed by atoms with E-state index in [4.69, 9.17) is 9.84 Å². The van der Waals surface area contributed by atoms with Gasteiger partial charge in [0.25, 0.3) is 0 Å². The van der Waals surface area contributed by atoms with Gasteiger partial charge in [0.2, 0.25) is 0 Å². The summed E-state index contributed by atoms with van der Waals surface area (Å²) in [6.07, 6.45) is 0.865. The molecule has 17 heavy (non-hydrogen) atoms. The zero-order valence-electron chi connectivity index (χ0n) is 9.60. The van der Waals surface area contributed by atoms with Crippen LogP contribution in [0.1, 0.15) is 41.6 Å². The van der Waals surface area contributed by atoms with Gasteiger partial charge in [0, 0.05) is 6.42 Å². The molecule has 4 nitrogen and oxygen atoms in total. The van der Waals surface area contributed by atoms with Gasteiger partial charge in [-0.3, -0.25) is 9.59 Å². The molecule has 0 spiro atoms. The number of hydrogen-bond donors (Lipinski definition) is 1. The number of carboxylic acids is 1. The molecule has 0 aromatic heterocycles. The van der Waals surface area contributed by atoms with E-state index in [0.29, 0.717) is 36.3 Å². The largest absolute Gasteiger partial charge is 0.492 e. The van der Waals surface area contributed by atoms with Crippen molar-refractivity contribution in [3.05, 3.63) is 29.3 Å². The molecule has 1 atom stereocenters. The van der Waals surface area contributed by atoms with Crippen molar-refractivity contribution in [2.75, 3.05) is 6.61 Å². The first-order valence-electron chi connectivity index (χ1n) is 5.66. The molecule has 1 aliphatic rings. The minimum atomic E-state index is -0.864. The highest BCUT2D eigenvalue weighted by molar-refractivity contribution is 6.00. The first kappa shape index (κ1) is 11.6. The molecule has 0 aliphatic carbocycles. The Hall–Kier alpha value is -1.84. The van der Waals surface area contributed by atoms with Crippen molar-refractivity contribution < 1.29 is 19.4 Å². The van der Waals surface area contributed by atoms with Gasteiger partial charge in [-0.2, -0.15) is 0 Å². The fourth-order valence-corrected chi connectivity index (χ4v) is 2.05. The van der Waals surface area contributed by atoms with Gasteiger partial charge >= 0.3 is 5.97 Å². The lowest BCUT2D eigenvalue weighted by Gasteiger charge is -2.18. The highest BCUT2D eigenvalue weighted by Gasteiger charge is 2.23. The van der Waals surface area contributed by atoms with E-state index in [9.17, 15) is 9.59 Å². The lowest BCUT2D eigenvalue weighted by atomic mass is 9.93. The van der Waals surface area contributed by atoms with Gasteiger partial charge in [0.05, 0.1) is 18.1 Å². The van der Waals surface area contributed by atoms with E-state index in [1.165, 1.54) is 0 Å². The highest BCUT2D eigenvalue weighted by atomic mass is 16.5. The third-order valence-electron chi connectivity index (χ3n) is 3.00. The van der Waals surface area contributed by atoms with E-state index in [2.05, 4.69) is 0 Å². The predicted octanol–water partition coefficient (Wildman–Crippen LogP) is 2.23.